The highest BCUT2D eigenvalue weighted by atomic mass is 32.2. The predicted molar refractivity (Wildman–Crippen MR) is 183 cm³/mol. The van der Waals surface area contributed by atoms with Crippen LogP contribution in [0.1, 0.15) is 90.5 Å². The lowest BCUT2D eigenvalue weighted by Gasteiger charge is -2.33. The molecule has 2 amide bonds. The van der Waals surface area contributed by atoms with Crippen molar-refractivity contribution in [2.75, 3.05) is 5.75 Å². The number of hydrogen-bond donors (Lipinski definition) is 4. The van der Waals surface area contributed by atoms with E-state index in [-0.39, 0.29) is 24.5 Å². The fourth-order valence-corrected chi connectivity index (χ4v) is 7.76. The molecular weight excluding hydrogens is 600 g/mol. The molecule has 2 saturated carbocycles. The van der Waals surface area contributed by atoms with Crippen molar-refractivity contribution in [3.8, 4) is 12.3 Å². The van der Waals surface area contributed by atoms with Gasteiger partial charge in [0.15, 0.2) is 9.84 Å². The van der Waals surface area contributed by atoms with Gasteiger partial charge in [0.25, 0.3) is 0 Å². The van der Waals surface area contributed by atoms with Crippen molar-refractivity contribution >= 4 is 32.4 Å². The number of carbonyl (C=O) groups is 2. The minimum absolute atomic E-state index is 0.0425. The third-order valence-electron chi connectivity index (χ3n) is 9.69. The van der Waals surface area contributed by atoms with Crippen LogP contribution in [0.2, 0.25) is 0 Å². The van der Waals surface area contributed by atoms with E-state index in [4.69, 9.17) is 6.42 Å². The Morgan fingerprint density at radius 1 is 0.913 bits per heavy atom. The smallest absolute Gasteiger partial charge is 0.242 e. The number of carbonyl (C=O) groups excluding carboxylic acids is 2. The van der Waals surface area contributed by atoms with E-state index in [1.54, 1.807) is 20.8 Å². The number of benzene rings is 2. The molecule has 0 bridgehead atoms. The standard InChI is InChI=1S/C37H52N2O6S/c1-5-11-33(40)34(41)31(22-25-12-7-6-8-13-25)38-36(43)32(23-26-16-17-26)39-35(42)30(24-46(44,45)37(2,3)4)21-27-18-19-28-14-9-10-15-29(28)20-27/h1,9-10,14-15,18-20,25-26,30-34,40-41H,6-8,11-13,16-17,21-24H2,2-4H3,(H,38,43)(H,39,42)/t30-,31+,32+,33+,34-/m1/s1. The minimum atomic E-state index is -3.67. The van der Waals surface area contributed by atoms with E-state index >= 15 is 0 Å². The Balaban J connectivity index is 1.56. The Morgan fingerprint density at radius 2 is 1.57 bits per heavy atom. The topological polar surface area (TPSA) is 133 Å². The highest BCUT2D eigenvalue weighted by Crippen LogP contribution is 2.34. The van der Waals surface area contributed by atoms with Crippen LogP contribution in [-0.2, 0) is 25.8 Å². The summed E-state index contributed by atoms with van der Waals surface area (Å²) in [7, 11) is -3.67. The fraction of sp³-hybridized carbons (Fsp3) is 0.622. The van der Waals surface area contributed by atoms with Crippen molar-refractivity contribution in [2.45, 2.75) is 120 Å². The molecule has 9 heteroatoms. The van der Waals surface area contributed by atoms with E-state index in [2.05, 4.69) is 16.6 Å². The van der Waals surface area contributed by atoms with E-state index in [0.717, 1.165) is 61.3 Å². The molecule has 4 rings (SSSR count). The van der Waals surface area contributed by atoms with Gasteiger partial charge in [-0.2, -0.15) is 0 Å². The first-order chi connectivity index (χ1) is 21.8. The molecule has 0 aliphatic heterocycles. The van der Waals surface area contributed by atoms with E-state index in [9.17, 15) is 28.2 Å². The second-order valence-corrected chi connectivity index (χ2v) is 17.3. The predicted octanol–water partition coefficient (Wildman–Crippen LogP) is 4.70. The number of nitrogens with one attached hydrogen (secondary N) is 2. The maximum atomic E-state index is 14.0. The summed E-state index contributed by atoms with van der Waals surface area (Å²) in [6.07, 6.45) is 11.3. The fourth-order valence-electron chi connectivity index (χ4n) is 6.46. The molecule has 0 heterocycles. The van der Waals surface area contributed by atoms with Crippen molar-refractivity contribution < 1.29 is 28.2 Å². The maximum absolute atomic E-state index is 14.0. The van der Waals surface area contributed by atoms with Crippen LogP contribution < -0.4 is 10.6 Å². The van der Waals surface area contributed by atoms with Crippen molar-refractivity contribution in [2.24, 2.45) is 17.8 Å². The first-order valence-corrected chi connectivity index (χ1v) is 18.5. The molecule has 252 valence electrons. The number of aliphatic hydroxyl groups is 2. The van der Waals surface area contributed by atoms with Gasteiger partial charge in [-0.05, 0) is 68.2 Å². The lowest BCUT2D eigenvalue weighted by Crippen LogP contribution is -2.56. The molecule has 0 saturated heterocycles. The summed E-state index contributed by atoms with van der Waals surface area (Å²) in [5.41, 5.74) is 0.837. The number of fused-ring (bicyclic) bond motifs is 1. The van der Waals surface area contributed by atoms with E-state index in [0.29, 0.717) is 18.8 Å². The van der Waals surface area contributed by atoms with Gasteiger partial charge in [-0.1, -0.05) is 87.4 Å². The molecule has 46 heavy (non-hydrogen) atoms. The van der Waals surface area contributed by atoms with Gasteiger partial charge in [-0.15, -0.1) is 12.3 Å². The lowest BCUT2D eigenvalue weighted by atomic mass is 9.82. The number of amides is 2. The molecule has 0 radical (unpaired) electrons. The Kier molecular flexibility index (Phi) is 12.3. The van der Waals surface area contributed by atoms with Crippen LogP contribution in [0.3, 0.4) is 0 Å². The van der Waals surface area contributed by atoms with Crippen LogP contribution in [-0.4, -0.2) is 65.2 Å². The van der Waals surface area contributed by atoms with Gasteiger partial charge in [-0.25, -0.2) is 8.42 Å². The Morgan fingerprint density at radius 3 is 2.20 bits per heavy atom. The molecule has 4 N–H and O–H groups in total. The number of aliphatic hydroxyl groups excluding tert-OH is 2. The zero-order chi connectivity index (χ0) is 33.5. The summed E-state index contributed by atoms with van der Waals surface area (Å²) in [6, 6.07) is 12.1. The summed E-state index contributed by atoms with van der Waals surface area (Å²) >= 11 is 0. The molecule has 5 atom stereocenters. The molecule has 0 unspecified atom stereocenters. The van der Waals surface area contributed by atoms with Crippen LogP contribution in [0, 0.1) is 30.1 Å². The first-order valence-electron chi connectivity index (χ1n) is 16.9. The molecule has 8 nitrogen and oxygen atoms in total. The molecule has 2 aromatic carbocycles. The second kappa shape index (κ2) is 15.8. The summed E-state index contributed by atoms with van der Waals surface area (Å²) in [4.78, 5) is 27.9. The van der Waals surface area contributed by atoms with Crippen molar-refractivity contribution in [1.29, 1.82) is 0 Å². The van der Waals surface area contributed by atoms with Crippen LogP contribution in [0.25, 0.3) is 10.8 Å². The van der Waals surface area contributed by atoms with Crippen molar-refractivity contribution in [3.63, 3.8) is 0 Å². The van der Waals surface area contributed by atoms with Gasteiger partial charge in [0.05, 0.1) is 28.6 Å². The quantitative estimate of drug-likeness (QED) is 0.206. The average molecular weight is 653 g/mol. The molecular formula is C37H52N2O6S. The zero-order valence-electron chi connectivity index (χ0n) is 27.6. The van der Waals surface area contributed by atoms with Crippen LogP contribution >= 0.6 is 0 Å². The largest absolute Gasteiger partial charge is 0.389 e. The average Bonchev–Trinajstić information content (AvgIpc) is 3.83. The minimum Gasteiger partial charge on any atom is -0.389 e. The molecule has 2 aliphatic rings. The Labute approximate surface area is 275 Å². The van der Waals surface area contributed by atoms with Crippen molar-refractivity contribution in [1.82, 2.24) is 10.6 Å². The number of rotatable bonds is 15. The number of terminal acetylenes is 1. The van der Waals surface area contributed by atoms with Gasteiger partial charge in [0.1, 0.15) is 12.1 Å². The Bertz CT molecular complexity index is 1480. The van der Waals surface area contributed by atoms with E-state index < -0.39 is 56.6 Å². The van der Waals surface area contributed by atoms with Gasteiger partial charge in [-0.3, -0.25) is 9.59 Å². The second-order valence-electron chi connectivity index (χ2n) is 14.5. The normalized spacial score (nSPS) is 19.4. The third kappa shape index (κ3) is 10.0. The first kappa shape index (κ1) is 35.9. The SMILES string of the molecule is C#CC[C@H](O)[C@H](O)[C@H](CC1CCCCC1)NC(=O)[C@H](CC1CC1)NC(=O)[C@H](Cc1ccc2ccccc2c1)CS(=O)(=O)C(C)(C)C. The van der Waals surface area contributed by atoms with Crippen LogP contribution in [0.4, 0.5) is 0 Å². The number of hydrogen-bond acceptors (Lipinski definition) is 6. The molecule has 0 spiro atoms. The zero-order valence-corrected chi connectivity index (χ0v) is 28.4. The highest BCUT2D eigenvalue weighted by molar-refractivity contribution is 7.92. The Hall–Kier alpha value is -2.93. The van der Waals surface area contributed by atoms with Gasteiger partial charge in [0, 0.05) is 6.42 Å². The highest BCUT2D eigenvalue weighted by Gasteiger charge is 2.38. The number of sulfone groups is 1. The van der Waals surface area contributed by atoms with Gasteiger partial charge in [0.2, 0.25) is 11.8 Å². The summed E-state index contributed by atoms with van der Waals surface area (Å²) in [5, 5.41) is 29.6. The van der Waals surface area contributed by atoms with Crippen molar-refractivity contribution in [3.05, 3.63) is 48.0 Å². The molecule has 2 aromatic rings. The summed E-state index contributed by atoms with van der Waals surface area (Å²) in [6.45, 7) is 4.88. The third-order valence-corrected chi connectivity index (χ3v) is 12.4. The molecule has 2 fully saturated rings. The summed E-state index contributed by atoms with van der Waals surface area (Å²) < 4.78 is 25.7. The van der Waals surface area contributed by atoms with Crippen LogP contribution in [0.5, 0.6) is 0 Å². The molecule has 2 aliphatic carbocycles. The van der Waals surface area contributed by atoms with E-state index in [1.165, 1.54) is 0 Å². The van der Waals surface area contributed by atoms with Gasteiger partial charge < -0.3 is 20.8 Å². The molecule has 0 aromatic heterocycles. The maximum Gasteiger partial charge on any atom is 0.242 e. The van der Waals surface area contributed by atoms with Crippen LogP contribution in [0.15, 0.2) is 42.5 Å². The lowest BCUT2D eigenvalue weighted by molar-refractivity contribution is -0.132. The van der Waals surface area contributed by atoms with E-state index in [1.807, 2.05) is 42.5 Å². The monoisotopic (exact) mass is 652 g/mol. The van der Waals surface area contributed by atoms with Gasteiger partial charge >= 0.3 is 0 Å². The summed E-state index contributed by atoms with van der Waals surface area (Å²) in [5.74, 6) is 0.778.